The van der Waals surface area contributed by atoms with Crippen LogP contribution in [0.4, 0.5) is 5.82 Å². The normalized spacial score (nSPS) is 10.1. The molecule has 6 nitrogen and oxygen atoms in total. The van der Waals surface area contributed by atoms with Crippen molar-refractivity contribution in [1.29, 1.82) is 0 Å². The van der Waals surface area contributed by atoms with E-state index in [2.05, 4.69) is 47.1 Å². The fourth-order valence-electron chi connectivity index (χ4n) is 1.19. The van der Waals surface area contributed by atoms with Crippen molar-refractivity contribution >= 4 is 49.6 Å². The molecule has 0 aliphatic carbocycles. The number of aliphatic carboxylic acids is 1. The Balaban J connectivity index is 2.38. The molecule has 0 aromatic carbocycles. The first-order valence-electron chi connectivity index (χ1n) is 5.18. The predicted octanol–water partition coefficient (Wildman–Crippen LogP) is 2.59. The molecule has 18 heavy (non-hydrogen) atoms. The Morgan fingerprint density at radius 1 is 1.28 bits per heavy atom. The molecule has 1 heterocycles. The Kier molecular flexibility index (Phi) is 6.20. The minimum atomic E-state index is -0.850. The van der Waals surface area contributed by atoms with Crippen LogP contribution in [-0.4, -0.2) is 27.0 Å². The van der Waals surface area contributed by atoms with Crippen LogP contribution < -0.4 is 5.32 Å². The Morgan fingerprint density at radius 2 is 1.94 bits per heavy atom. The van der Waals surface area contributed by atoms with Gasteiger partial charge in [0.1, 0.15) is 9.21 Å². The quantitative estimate of drug-likeness (QED) is 0.740. The second-order valence-corrected chi connectivity index (χ2v) is 5.04. The first kappa shape index (κ1) is 15.0. The van der Waals surface area contributed by atoms with Crippen LogP contribution in [0.15, 0.2) is 15.4 Å². The molecule has 0 aliphatic heterocycles. The molecule has 0 radical (unpaired) electrons. The topological polar surface area (TPSA) is 92.2 Å². The van der Waals surface area contributed by atoms with Gasteiger partial charge >= 0.3 is 5.97 Å². The van der Waals surface area contributed by atoms with Gasteiger partial charge in [-0.05, 0) is 44.7 Å². The molecule has 8 heteroatoms. The molecular weight excluding hydrogens is 370 g/mol. The lowest BCUT2D eigenvalue weighted by atomic mass is 10.2. The molecule has 0 aliphatic rings. The number of unbranched alkanes of at least 4 members (excludes halogenated alkanes) is 1. The van der Waals surface area contributed by atoms with E-state index in [1.807, 2.05) is 0 Å². The van der Waals surface area contributed by atoms with Crippen molar-refractivity contribution in [1.82, 2.24) is 9.97 Å². The number of hydrogen-bond acceptors (Lipinski definition) is 4. The Labute approximate surface area is 120 Å². The number of halogens is 2. The maximum Gasteiger partial charge on any atom is 0.303 e. The van der Waals surface area contributed by atoms with E-state index >= 15 is 0 Å². The highest BCUT2D eigenvalue weighted by Gasteiger charge is 2.08. The highest BCUT2D eigenvalue weighted by molar-refractivity contribution is 9.11. The van der Waals surface area contributed by atoms with Crippen molar-refractivity contribution in [2.75, 3.05) is 5.32 Å². The van der Waals surface area contributed by atoms with Gasteiger partial charge < -0.3 is 10.4 Å². The average Bonchev–Trinajstić information content (AvgIpc) is 2.28. The number of nitrogens with one attached hydrogen (secondary N) is 1. The number of nitrogens with zero attached hydrogens (tertiary/aromatic N) is 2. The summed E-state index contributed by atoms with van der Waals surface area (Å²) in [5, 5.41) is 11.0. The molecule has 0 bridgehead atoms. The third-order valence-electron chi connectivity index (χ3n) is 2.00. The summed E-state index contributed by atoms with van der Waals surface area (Å²) >= 11 is 6.34. The van der Waals surface area contributed by atoms with Gasteiger partial charge in [0.2, 0.25) is 5.91 Å². The fourth-order valence-corrected chi connectivity index (χ4v) is 2.10. The molecule has 1 aromatic heterocycles. The second-order valence-electron chi connectivity index (χ2n) is 3.48. The van der Waals surface area contributed by atoms with Crippen molar-refractivity contribution in [2.45, 2.75) is 25.7 Å². The number of rotatable bonds is 6. The van der Waals surface area contributed by atoms with Crippen LogP contribution in [0, 0.1) is 0 Å². The lowest BCUT2D eigenvalue weighted by Crippen LogP contribution is -2.13. The smallest absolute Gasteiger partial charge is 0.303 e. The van der Waals surface area contributed by atoms with Gasteiger partial charge in [0.05, 0.1) is 6.20 Å². The first-order valence-corrected chi connectivity index (χ1v) is 6.77. The molecule has 2 N–H and O–H groups in total. The Bertz CT molecular complexity index is 454. The van der Waals surface area contributed by atoms with Gasteiger partial charge in [0, 0.05) is 12.8 Å². The summed E-state index contributed by atoms with van der Waals surface area (Å²) < 4.78 is 1.00. The fraction of sp³-hybridized carbons (Fsp3) is 0.400. The molecule has 98 valence electrons. The molecule has 0 spiro atoms. The van der Waals surface area contributed by atoms with Gasteiger partial charge in [-0.15, -0.1) is 0 Å². The maximum absolute atomic E-state index is 11.5. The van der Waals surface area contributed by atoms with Gasteiger partial charge in [0.25, 0.3) is 0 Å². The summed E-state index contributed by atoms with van der Waals surface area (Å²) in [5.74, 6) is -0.712. The number of hydrogen-bond donors (Lipinski definition) is 2. The standard InChI is InChI=1S/C10H11Br2N3O3/c11-6-5-13-10(9(12)14-6)15-7(16)3-1-2-4-8(17)18/h5H,1-4H2,(H,17,18)(H,13,15,16). The van der Waals surface area contributed by atoms with Crippen molar-refractivity contribution in [3.8, 4) is 0 Å². The zero-order chi connectivity index (χ0) is 13.5. The van der Waals surface area contributed by atoms with Crippen LogP contribution in [0.25, 0.3) is 0 Å². The third-order valence-corrected chi connectivity index (χ3v) is 2.94. The van der Waals surface area contributed by atoms with E-state index in [1.54, 1.807) is 0 Å². The molecule has 1 amide bonds. The van der Waals surface area contributed by atoms with Crippen molar-refractivity contribution < 1.29 is 14.7 Å². The summed E-state index contributed by atoms with van der Waals surface area (Å²) in [6.07, 6.45) is 2.83. The zero-order valence-electron chi connectivity index (χ0n) is 9.32. The molecule has 1 rings (SSSR count). The molecule has 0 saturated heterocycles. The number of carboxylic acids is 1. The SMILES string of the molecule is O=C(O)CCCCC(=O)Nc1ncc(Br)nc1Br. The van der Waals surface area contributed by atoms with E-state index in [4.69, 9.17) is 5.11 Å². The number of carbonyl (C=O) groups excluding carboxylic acids is 1. The van der Waals surface area contributed by atoms with Crippen LogP contribution in [0.1, 0.15) is 25.7 Å². The van der Waals surface area contributed by atoms with Gasteiger partial charge in [0.15, 0.2) is 5.82 Å². The molecule has 0 unspecified atom stereocenters. The Morgan fingerprint density at radius 3 is 2.56 bits per heavy atom. The number of carboxylic acid groups (broad SMARTS) is 1. The van der Waals surface area contributed by atoms with Crippen LogP contribution >= 0.6 is 31.9 Å². The van der Waals surface area contributed by atoms with Gasteiger partial charge in [-0.25, -0.2) is 9.97 Å². The van der Waals surface area contributed by atoms with Gasteiger partial charge in [-0.3, -0.25) is 9.59 Å². The summed E-state index contributed by atoms with van der Waals surface area (Å²) in [6.45, 7) is 0. The highest BCUT2D eigenvalue weighted by Crippen LogP contribution is 2.19. The molecule has 0 saturated carbocycles. The summed E-state index contributed by atoms with van der Waals surface area (Å²) in [5.41, 5.74) is 0. The van der Waals surface area contributed by atoms with Gasteiger partial charge in [-0.1, -0.05) is 0 Å². The predicted molar refractivity (Wildman–Crippen MR) is 72.2 cm³/mol. The molecule has 0 fully saturated rings. The lowest BCUT2D eigenvalue weighted by Gasteiger charge is -2.05. The third kappa shape index (κ3) is 5.54. The number of amides is 1. The number of anilines is 1. The minimum absolute atomic E-state index is 0.0784. The molecule has 0 atom stereocenters. The molecule has 1 aromatic rings. The first-order chi connectivity index (χ1) is 8.49. The Hall–Kier alpha value is -1.02. The summed E-state index contributed by atoms with van der Waals surface area (Å²) in [4.78, 5) is 29.8. The van der Waals surface area contributed by atoms with Crippen molar-refractivity contribution in [3.05, 3.63) is 15.4 Å². The van der Waals surface area contributed by atoms with Crippen LogP contribution in [-0.2, 0) is 9.59 Å². The van der Waals surface area contributed by atoms with E-state index in [1.165, 1.54) is 6.20 Å². The van der Waals surface area contributed by atoms with E-state index in [0.717, 1.165) is 0 Å². The largest absolute Gasteiger partial charge is 0.481 e. The van der Waals surface area contributed by atoms with E-state index in [0.29, 0.717) is 27.9 Å². The highest BCUT2D eigenvalue weighted by atomic mass is 79.9. The van der Waals surface area contributed by atoms with Crippen LogP contribution in [0.3, 0.4) is 0 Å². The van der Waals surface area contributed by atoms with Gasteiger partial charge in [-0.2, -0.15) is 0 Å². The van der Waals surface area contributed by atoms with Crippen molar-refractivity contribution in [3.63, 3.8) is 0 Å². The maximum atomic E-state index is 11.5. The number of carbonyl (C=O) groups is 2. The van der Waals surface area contributed by atoms with Crippen molar-refractivity contribution in [2.24, 2.45) is 0 Å². The van der Waals surface area contributed by atoms with Crippen LogP contribution in [0.5, 0.6) is 0 Å². The zero-order valence-corrected chi connectivity index (χ0v) is 12.5. The molecular formula is C10H11Br2N3O3. The average molecular weight is 381 g/mol. The van der Waals surface area contributed by atoms with Crippen LogP contribution in [0.2, 0.25) is 0 Å². The monoisotopic (exact) mass is 379 g/mol. The minimum Gasteiger partial charge on any atom is -0.481 e. The van der Waals surface area contributed by atoms with E-state index in [-0.39, 0.29) is 18.7 Å². The summed E-state index contributed by atoms with van der Waals surface area (Å²) in [7, 11) is 0. The second kappa shape index (κ2) is 7.42. The van der Waals surface area contributed by atoms with E-state index in [9.17, 15) is 9.59 Å². The number of aromatic nitrogens is 2. The van der Waals surface area contributed by atoms with E-state index < -0.39 is 5.97 Å². The summed E-state index contributed by atoms with van der Waals surface area (Å²) in [6, 6.07) is 0. The lowest BCUT2D eigenvalue weighted by molar-refractivity contribution is -0.137.